The molecule has 1 aliphatic heterocycles. The maximum absolute atomic E-state index is 12.1. The second-order valence-corrected chi connectivity index (χ2v) is 6.83. The highest BCUT2D eigenvalue weighted by Crippen LogP contribution is 2.32. The number of rotatable bonds is 4. The van der Waals surface area contributed by atoms with Gasteiger partial charge in [-0.05, 0) is 17.7 Å². The van der Waals surface area contributed by atoms with Crippen molar-refractivity contribution in [1.29, 1.82) is 0 Å². The monoisotopic (exact) mass is 378 g/mol. The van der Waals surface area contributed by atoms with Gasteiger partial charge in [-0.25, -0.2) is 9.78 Å². The van der Waals surface area contributed by atoms with Gasteiger partial charge < -0.3 is 19.9 Å². The second-order valence-electron chi connectivity index (χ2n) is 5.91. The van der Waals surface area contributed by atoms with E-state index in [0.717, 1.165) is 15.7 Å². The van der Waals surface area contributed by atoms with Gasteiger partial charge in [0.05, 0.1) is 25.1 Å². The topological polar surface area (TPSA) is 70.4 Å². The minimum absolute atomic E-state index is 0.152. The van der Waals surface area contributed by atoms with Crippen molar-refractivity contribution in [3.8, 4) is 0 Å². The number of aryl methyl sites for hydroxylation is 1. The zero-order chi connectivity index (χ0) is 16.4. The molecule has 0 atom stereocenters. The van der Waals surface area contributed by atoms with Gasteiger partial charge in [-0.2, -0.15) is 0 Å². The van der Waals surface area contributed by atoms with Gasteiger partial charge in [-0.1, -0.05) is 28.1 Å². The Balaban J connectivity index is 1.47. The van der Waals surface area contributed by atoms with Crippen molar-refractivity contribution in [2.45, 2.75) is 12.0 Å². The molecule has 2 amide bonds. The summed E-state index contributed by atoms with van der Waals surface area (Å²) < 4.78 is 2.80. The Bertz CT molecular complexity index is 710. The van der Waals surface area contributed by atoms with E-state index in [4.69, 9.17) is 0 Å². The van der Waals surface area contributed by atoms with Crippen molar-refractivity contribution < 1.29 is 9.90 Å². The van der Waals surface area contributed by atoms with Crippen LogP contribution in [0, 0.1) is 0 Å². The van der Waals surface area contributed by atoms with Gasteiger partial charge in [-0.3, -0.25) is 0 Å². The molecule has 2 aromatic rings. The van der Waals surface area contributed by atoms with Gasteiger partial charge in [-0.15, -0.1) is 0 Å². The zero-order valence-electron chi connectivity index (χ0n) is 12.9. The van der Waals surface area contributed by atoms with E-state index in [1.54, 1.807) is 11.2 Å². The molecule has 3 rings (SSSR count). The van der Waals surface area contributed by atoms with Crippen LogP contribution in [0.2, 0.25) is 0 Å². The minimum Gasteiger partial charge on any atom is -0.381 e. The summed E-state index contributed by atoms with van der Waals surface area (Å²) in [6.45, 7) is 1.14. The Morgan fingerprint density at radius 3 is 2.91 bits per heavy atom. The molecule has 0 saturated carbocycles. The first-order chi connectivity index (χ1) is 11.0. The molecule has 2 heterocycles. The number of carbonyl (C=O) groups excluding carboxylic acids is 1. The summed E-state index contributed by atoms with van der Waals surface area (Å²) in [5, 5.41) is 13.4. The molecule has 1 aromatic carbocycles. The Labute approximate surface area is 143 Å². The third-order valence-electron chi connectivity index (χ3n) is 3.97. The summed E-state index contributed by atoms with van der Waals surface area (Å²) in [5.74, 6) is 0. The number of aromatic nitrogens is 2. The fraction of sp³-hybridized carbons (Fsp3) is 0.375. The van der Waals surface area contributed by atoms with E-state index >= 15 is 0 Å². The highest BCUT2D eigenvalue weighted by Gasteiger charge is 2.44. The molecular weight excluding hydrogens is 360 g/mol. The molecule has 1 aromatic heterocycles. The average molecular weight is 379 g/mol. The first-order valence-electron chi connectivity index (χ1n) is 7.44. The first-order valence-corrected chi connectivity index (χ1v) is 8.24. The fourth-order valence-electron chi connectivity index (χ4n) is 2.69. The van der Waals surface area contributed by atoms with Crippen LogP contribution in [0.1, 0.15) is 11.3 Å². The van der Waals surface area contributed by atoms with E-state index in [0.29, 0.717) is 26.1 Å². The summed E-state index contributed by atoms with van der Waals surface area (Å²) in [6.07, 6.45) is 4.36. The van der Waals surface area contributed by atoms with Crippen LogP contribution in [-0.4, -0.2) is 45.2 Å². The van der Waals surface area contributed by atoms with E-state index in [9.17, 15) is 9.90 Å². The Kier molecular flexibility index (Phi) is 4.41. The molecule has 6 nitrogen and oxygen atoms in total. The standard InChI is InChI=1S/C16H19BrN4O2/c1-20-8-14(19-11-20)5-6-18-15(22)21-9-16(23,10-21)12-3-2-4-13(17)7-12/h2-4,7-8,11,23H,5-6,9-10H2,1H3,(H,18,22). The molecule has 2 N–H and O–H groups in total. The maximum atomic E-state index is 12.1. The van der Waals surface area contributed by atoms with Crippen LogP contribution in [0.15, 0.2) is 41.3 Å². The number of nitrogens with zero attached hydrogens (tertiary/aromatic N) is 3. The minimum atomic E-state index is -0.956. The Morgan fingerprint density at radius 2 is 2.26 bits per heavy atom. The van der Waals surface area contributed by atoms with Crippen LogP contribution < -0.4 is 5.32 Å². The van der Waals surface area contributed by atoms with Crippen LogP contribution in [0.3, 0.4) is 0 Å². The van der Waals surface area contributed by atoms with Crippen LogP contribution >= 0.6 is 15.9 Å². The van der Waals surface area contributed by atoms with Gasteiger partial charge in [0.1, 0.15) is 5.60 Å². The predicted octanol–water partition coefficient (Wildman–Crippen LogP) is 1.64. The SMILES string of the molecule is Cn1cnc(CCNC(=O)N2CC(O)(c3cccc(Br)c3)C2)c1. The highest BCUT2D eigenvalue weighted by molar-refractivity contribution is 9.10. The molecule has 0 radical (unpaired) electrons. The smallest absolute Gasteiger partial charge is 0.317 e. The number of benzene rings is 1. The van der Waals surface area contributed by atoms with Gasteiger partial charge in [0, 0.05) is 30.7 Å². The van der Waals surface area contributed by atoms with Crippen molar-refractivity contribution in [2.24, 2.45) is 7.05 Å². The molecule has 0 bridgehead atoms. The third kappa shape index (κ3) is 3.56. The van der Waals surface area contributed by atoms with Gasteiger partial charge in [0.2, 0.25) is 0 Å². The van der Waals surface area contributed by atoms with E-state index < -0.39 is 5.60 Å². The quantitative estimate of drug-likeness (QED) is 0.849. The third-order valence-corrected chi connectivity index (χ3v) is 4.46. The number of β-amino-alcohol motifs (C(OH)–C–C–N with tert-alkyl or cyclic N) is 1. The van der Waals surface area contributed by atoms with Crippen LogP contribution in [0.5, 0.6) is 0 Å². The first kappa shape index (κ1) is 16.0. The number of nitrogens with one attached hydrogen (secondary N) is 1. The number of imidazole rings is 1. The average Bonchev–Trinajstić information content (AvgIpc) is 2.89. The molecule has 1 saturated heterocycles. The lowest BCUT2D eigenvalue weighted by molar-refractivity contribution is -0.0815. The zero-order valence-corrected chi connectivity index (χ0v) is 14.5. The normalized spacial score (nSPS) is 16.0. The lowest BCUT2D eigenvalue weighted by atomic mass is 9.86. The van der Waals surface area contributed by atoms with Gasteiger partial charge in [0.15, 0.2) is 0 Å². The van der Waals surface area contributed by atoms with Gasteiger partial charge >= 0.3 is 6.03 Å². The predicted molar refractivity (Wildman–Crippen MR) is 89.9 cm³/mol. The van der Waals surface area contributed by atoms with E-state index in [2.05, 4.69) is 26.2 Å². The second kappa shape index (κ2) is 6.33. The number of halogens is 1. The van der Waals surface area contributed by atoms with Crippen molar-refractivity contribution >= 4 is 22.0 Å². The molecule has 7 heteroatoms. The number of amides is 2. The summed E-state index contributed by atoms with van der Waals surface area (Å²) in [6, 6.07) is 7.40. The number of carbonyl (C=O) groups is 1. The molecule has 0 spiro atoms. The number of hydrogen-bond donors (Lipinski definition) is 2. The van der Waals surface area contributed by atoms with Crippen LogP contribution in [-0.2, 0) is 19.1 Å². The van der Waals surface area contributed by atoms with Crippen molar-refractivity contribution in [3.63, 3.8) is 0 Å². The highest BCUT2D eigenvalue weighted by atomic mass is 79.9. The van der Waals surface area contributed by atoms with Crippen molar-refractivity contribution in [3.05, 3.63) is 52.5 Å². The van der Waals surface area contributed by atoms with Crippen molar-refractivity contribution in [1.82, 2.24) is 19.8 Å². The summed E-state index contributed by atoms with van der Waals surface area (Å²) in [7, 11) is 1.91. The Hall–Kier alpha value is -1.86. The summed E-state index contributed by atoms with van der Waals surface area (Å²) >= 11 is 3.40. The molecule has 23 heavy (non-hydrogen) atoms. The molecule has 0 aliphatic carbocycles. The molecule has 1 aliphatic rings. The largest absolute Gasteiger partial charge is 0.381 e. The fourth-order valence-corrected chi connectivity index (χ4v) is 3.09. The lowest BCUT2D eigenvalue weighted by Gasteiger charge is -2.46. The van der Waals surface area contributed by atoms with Crippen LogP contribution in [0.25, 0.3) is 0 Å². The van der Waals surface area contributed by atoms with E-state index in [1.807, 2.05) is 42.1 Å². The molecule has 122 valence electrons. The summed E-state index contributed by atoms with van der Waals surface area (Å²) in [4.78, 5) is 17.9. The summed E-state index contributed by atoms with van der Waals surface area (Å²) in [5.41, 5.74) is 0.814. The van der Waals surface area contributed by atoms with Crippen LogP contribution in [0.4, 0.5) is 4.79 Å². The van der Waals surface area contributed by atoms with E-state index in [-0.39, 0.29) is 6.03 Å². The molecule has 1 fully saturated rings. The number of aliphatic hydroxyl groups is 1. The number of likely N-dealkylation sites (tertiary alicyclic amines) is 1. The lowest BCUT2D eigenvalue weighted by Crippen LogP contribution is -2.63. The Morgan fingerprint density at radius 1 is 1.48 bits per heavy atom. The van der Waals surface area contributed by atoms with Gasteiger partial charge in [0.25, 0.3) is 0 Å². The maximum Gasteiger partial charge on any atom is 0.317 e. The van der Waals surface area contributed by atoms with E-state index in [1.165, 1.54) is 0 Å². The van der Waals surface area contributed by atoms with Crippen molar-refractivity contribution in [2.75, 3.05) is 19.6 Å². The molecular formula is C16H19BrN4O2. The number of urea groups is 1. The number of hydrogen-bond acceptors (Lipinski definition) is 3. The molecule has 0 unspecified atom stereocenters.